The van der Waals surface area contributed by atoms with Crippen LogP contribution in [0.25, 0.3) is 6.08 Å². The summed E-state index contributed by atoms with van der Waals surface area (Å²) in [6, 6.07) is 14.9. The van der Waals surface area contributed by atoms with E-state index in [1.807, 2.05) is 57.2 Å². The van der Waals surface area contributed by atoms with Gasteiger partial charge in [-0.3, -0.25) is 9.59 Å². The van der Waals surface area contributed by atoms with Crippen molar-refractivity contribution in [3.63, 3.8) is 0 Å². The lowest BCUT2D eigenvalue weighted by Gasteiger charge is -2.15. The highest BCUT2D eigenvalue weighted by Gasteiger charge is 2.09. The molecule has 0 radical (unpaired) electrons. The third kappa shape index (κ3) is 6.98. The minimum atomic E-state index is -0.177. The molecule has 0 spiro atoms. The third-order valence-corrected chi connectivity index (χ3v) is 3.75. The molecule has 2 aromatic carbocycles. The van der Waals surface area contributed by atoms with Crippen LogP contribution in [0.4, 0.5) is 5.69 Å². The molecule has 0 aliphatic heterocycles. The summed E-state index contributed by atoms with van der Waals surface area (Å²) in [6.07, 6.45) is 3.33. The predicted molar refractivity (Wildman–Crippen MR) is 109 cm³/mol. The molecule has 0 aliphatic rings. The first-order valence-corrected chi connectivity index (χ1v) is 8.96. The quantitative estimate of drug-likeness (QED) is 0.717. The van der Waals surface area contributed by atoms with E-state index >= 15 is 0 Å². The van der Waals surface area contributed by atoms with E-state index in [0.29, 0.717) is 0 Å². The highest BCUT2D eigenvalue weighted by molar-refractivity contribution is 5.92. The van der Waals surface area contributed by atoms with Gasteiger partial charge in [0.25, 0.3) is 0 Å². The fourth-order valence-electron chi connectivity index (χ4n) is 2.53. The summed E-state index contributed by atoms with van der Waals surface area (Å²) >= 11 is 0. The van der Waals surface area contributed by atoms with Gasteiger partial charge in [0.15, 0.2) is 0 Å². The number of anilines is 1. The van der Waals surface area contributed by atoms with Crippen LogP contribution in [-0.4, -0.2) is 17.9 Å². The molecular weight excluding hydrogens is 340 g/mol. The van der Waals surface area contributed by atoms with Crippen LogP contribution in [0.15, 0.2) is 54.6 Å². The van der Waals surface area contributed by atoms with Crippen molar-refractivity contribution in [2.75, 3.05) is 5.32 Å². The summed E-state index contributed by atoms with van der Waals surface area (Å²) in [5, 5.41) is 5.65. The number of nitrogens with one attached hydrogen (secondary N) is 2. The zero-order valence-corrected chi connectivity index (χ0v) is 16.2. The van der Waals surface area contributed by atoms with Crippen LogP contribution in [0.1, 0.15) is 44.9 Å². The van der Waals surface area contributed by atoms with Crippen molar-refractivity contribution >= 4 is 23.6 Å². The molecule has 5 heteroatoms. The zero-order valence-electron chi connectivity index (χ0n) is 16.2. The average Bonchev–Trinajstić information content (AvgIpc) is 2.60. The Morgan fingerprint density at radius 3 is 2.37 bits per heavy atom. The molecule has 2 rings (SSSR count). The predicted octanol–water partition coefficient (Wildman–Crippen LogP) is 4.32. The van der Waals surface area contributed by atoms with E-state index < -0.39 is 0 Å². The minimum absolute atomic E-state index is 0.102. The Morgan fingerprint density at radius 2 is 1.74 bits per heavy atom. The minimum Gasteiger partial charge on any atom is -0.491 e. The molecule has 142 valence electrons. The largest absolute Gasteiger partial charge is 0.491 e. The van der Waals surface area contributed by atoms with E-state index in [2.05, 4.69) is 10.6 Å². The highest BCUT2D eigenvalue weighted by atomic mass is 16.5. The van der Waals surface area contributed by atoms with Crippen molar-refractivity contribution in [3.05, 3.63) is 65.7 Å². The van der Waals surface area contributed by atoms with Gasteiger partial charge >= 0.3 is 0 Å². The summed E-state index contributed by atoms with van der Waals surface area (Å²) in [7, 11) is 0. The Hall–Kier alpha value is -3.08. The maximum Gasteiger partial charge on any atom is 0.244 e. The molecular formula is C22H26N2O3. The Bertz CT molecular complexity index is 811. The van der Waals surface area contributed by atoms with E-state index in [-0.39, 0.29) is 24.0 Å². The molecule has 5 nitrogen and oxygen atoms in total. The SMILES string of the molecule is CC(=O)Nc1ccc(/C=C/C(=O)NC(C)c2cccc(OC(C)C)c2)cc1. The van der Waals surface area contributed by atoms with Gasteiger partial charge in [-0.25, -0.2) is 0 Å². The Balaban J connectivity index is 1.94. The van der Waals surface area contributed by atoms with Crippen molar-refractivity contribution in [3.8, 4) is 5.75 Å². The molecule has 2 amide bonds. The molecule has 0 saturated carbocycles. The van der Waals surface area contributed by atoms with E-state index in [1.54, 1.807) is 18.2 Å². The van der Waals surface area contributed by atoms with Gasteiger partial charge in [-0.15, -0.1) is 0 Å². The summed E-state index contributed by atoms with van der Waals surface area (Å²) in [5.41, 5.74) is 2.58. The van der Waals surface area contributed by atoms with Crippen LogP contribution >= 0.6 is 0 Å². The Kier molecular flexibility index (Phi) is 7.17. The number of amides is 2. The Labute approximate surface area is 160 Å². The van der Waals surface area contributed by atoms with Crippen LogP contribution in [-0.2, 0) is 9.59 Å². The Morgan fingerprint density at radius 1 is 1.04 bits per heavy atom. The van der Waals surface area contributed by atoms with E-state index in [0.717, 1.165) is 22.6 Å². The molecule has 27 heavy (non-hydrogen) atoms. The summed E-state index contributed by atoms with van der Waals surface area (Å²) in [4.78, 5) is 23.2. The lowest BCUT2D eigenvalue weighted by atomic mass is 10.1. The first kappa shape index (κ1) is 20.2. The topological polar surface area (TPSA) is 67.4 Å². The van der Waals surface area contributed by atoms with Gasteiger partial charge in [0.05, 0.1) is 12.1 Å². The van der Waals surface area contributed by atoms with Gasteiger partial charge in [0, 0.05) is 18.7 Å². The number of rotatable bonds is 7. The molecule has 2 N–H and O–H groups in total. The molecule has 0 saturated heterocycles. The number of hydrogen-bond acceptors (Lipinski definition) is 3. The van der Waals surface area contributed by atoms with Crippen LogP contribution in [0.2, 0.25) is 0 Å². The average molecular weight is 366 g/mol. The number of carbonyl (C=O) groups excluding carboxylic acids is 2. The molecule has 0 fully saturated rings. The van der Waals surface area contributed by atoms with Crippen LogP contribution < -0.4 is 15.4 Å². The fraction of sp³-hybridized carbons (Fsp3) is 0.273. The van der Waals surface area contributed by atoms with Gasteiger partial charge in [-0.05, 0) is 62.2 Å². The molecule has 1 atom stereocenters. The van der Waals surface area contributed by atoms with E-state index in [9.17, 15) is 9.59 Å². The molecule has 0 aliphatic carbocycles. The van der Waals surface area contributed by atoms with Crippen molar-refractivity contribution in [1.82, 2.24) is 5.32 Å². The zero-order chi connectivity index (χ0) is 19.8. The summed E-state index contributed by atoms with van der Waals surface area (Å²) < 4.78 is 5.70. The van der Waals surface area contributed by atoms with Crippen LogP contribution in [0.5, 0.6) is 5.75 Å². The second-order valence-electron chi connectivity index (χ2n) is 6.61. The number of ether oxygens (including phenoxy) is 1. The number of hydrogen-bond donors (Lipinski definition) is 2. The molecule has 2 aromatic rings. The van der Waals surface area contributed by atoms with Gasteiger partial charge < -0.3 is 15.4 Å². The van der Waals surface area contributed by atoms with Crippen LogP contribution in [0, 0.1) is 0 Å². The third-order valence-electron chi connectivity index (χ3n) is 3.75. The standard InChI is InChI=1S/C22H26N2O3/c1-15(2)27-21-7-5-6-19(14-21)16(3)23-22(26)13-10-18-8-11-20(12-9-18)24-17(4)25/h5-16H,1-4H3,(H,23,26)(H,24,25)/b13-10+. The first-order valence-electron chi connectivity index (χ1n) is 8.96. The van der Waals surface area contributed by atoms with E-state index in [4.69, 9.17) is 4.74 Å². The van der Waals surface area contributed by atoms with Crippen LogP contribution in [0.3, 0.4) is 0 Å². The normalized spacial score (nSPS) is 12.0. The van der Waals surface area contributed by atoms with Crippen molar-refractivity contribution in [1.29, 1.82) is 0 Å². The monoisotopic (exact) mass is 366 g/mol. The first-order chi connectivity index (χ1) is 12.8. The maximum atomic E-state index is 12.2. The molecule has 1 unspecified atom stereocenters. The van der Waals surface area contributed by atoms with Crippen molar-refractivity contribution < 1.29 is 14.3 Å². The van der Waals surface area contributed by atoms with Crippen molar-refractivity contribution in [2.45, 2.75) is 39.8 Å². The summed E-state index contributed by atoms with van der Waals surface area (Å²) in [5.74, 6) is 0.497. The molecule has 0 heterocycles. The molecule has 0 bridgehead atoms. The number of carbonyl (C=O) groups is 2. The highest BCUT2D eigenvalue weighted by Crippen LogP contribution is 2.20. The smallest absolute Gasteiger partial charge is 0.244 e. The summed E-state index contributed by atoms with van der Waals surface area (Å²) in [6.45, 7) is 7.35. The second-order valence-corrected chi connectivity index (χ2v) is 6.61. The molecule has 0 aromatic heterocycles. The van der Waals surface area contributed by atoms with Gasteiger partial charge in [-0.1, -0.05) is 24.3 Å². The lowest BCUT2D eigenvalue weighted by molar-refractivity contribution is -0.117. The van der Waals surface area contributed by atoms with Crippen molar-refractivity contribution in [2.24, 2.45) is 0 Å². The van der Waals surface area contributed by atoms with Gasteiger partial charge in [0.2, 0.25) is 11.8 Å². The maximum absolute atomic E-state index is 12.2. The van der Waals surface area contributed by atoms with E-state index in [1.165, 1.54) is 13.0 Å². The number of benzene rings is 2. The lowest BCUT2D eigenvalue weighted by Crippen LogP contribution is -2.24. The fourth-order valence-corrected chi connectivity index (χ4v) is 2.53. The second kappa shape index (κ2) is 9.57. The van der Waals surface area contributed by atoms with Gasteiger partial charge in [-0.2, -0.15) is 0 Å². The van der Waals surface area contributed by atoms with Gasteiger partial charge in [0.1, 0.15) is 5.75 Å².